The molecule has 32 heavy (non-hydrogen) atoms. The van der Waals surface area contributed by atoms with Crippen LogP contribution in [0.5, 0.6) is 5.75 Å². The second-order valence-electron chi connectivity index (χ2n) is 8.97. The normalized spacial score (nSPS) is 17.4. The number of rotatable bonds is 5. The van der Waals surface area contributed by atoms with E-state index in [9.17, 15) is 4.79 Å². The molecule has 0 fully saturated rings. The lowest BCUT2D eigenvalue weighted by molar-refractivity contribution is -0.123. The van der Waals surface area contributed by atoms with Crippen LogP contribution in [0.15, 0.2) is 59.7 Å². The van der Waals surface area contributed by atoms with E-state index in [1.165, 1.54) is 5.56 Å². The number of fused-ring (bicyclic) bond motifs is 2. The van der Waals surface area contributed by atoms with Crippen LogP contribution >= 0.6 is 11.6 Å². The lowest BCUT2D eigenvalue weighted by atomic mass is 9.80. The zero-order chi connectivity index (χ0) is 22.9. The highest BCUT2D eigenvalue weighted by Gasteiger charge is 2.34. The Labute approximate surface area is 194 Å². The number of carbonyl (C=O) groups excluding carboxylic acids is 1. The first-order valence-electron chi connectivity index (χ1n) is 10.8. The molecule has 0 spiro atoms. The van der Waals surface area contributed by atoms with Crippen LogP contribution in [0.25, 0.3) is 10.8 Å². The Balaban J connectivity index is 1.42. The molecule has 1 aliphatic rings. The predicted molar refractivity (Wildman–Crippen MR) is 132 cm³/mol. The summed E-state index contributed by atoms with van der Waals surface area (Å²) in [6.45, 7) is 6.59. The lowest BCUT2D eigenvalue weighted by Crippen LogP contribution is -2.45. The Morgan fingerprint density at radius 1 is 1.25 bits per heavy atom. The van der Waals surface area contributed by atoms with Crippen LogP contribution in [0.2, 0.25) is 5.02 Å². The summed E-state index contributed by atoms with van der Waals surface area (Å²) in [5.74, 6) is 0.739. The molecule has 0 aromatic heterocycles. The number of nitrogens with zero attached hydrogens (tertiary/aromatic N) is 2. The number of nitrogens with one attached hydrogen (secondary N) is 1. The molecule has 0 radical (unpaired) electrons. The van der Waals surface area contributed by atoms with Gasteiger partial charge in [0.1, 0.15) is 5.75 Å². The summed E-state index contributed by atoms with van der Waals surface area (Å²) in [6, 6.07) is 17.7. The minimum Gasteiger partial charge on any atom is -0.483 e. The smallest absolute Gasteiger partial charge is 0.277 e. The first-order valence-corrected chi connectivity index (χ1v) is 11.1. The van der Waals surface area contributed by atoms with Crippen LogP contribution in [0.4, 0.5) is 5.69 Å². The van der Waals surface area contributed by atoms with Gasteiger partial charge in [0.25, 0.3) is 5.91 Å². The number of halogens is 1. The van der Waals surface area contributed by atoms with Crippen LogP contribution in [-0.2, 0) is 4.79 Å². The molecule has 1 N–H and O–H groups in total. The second-order valence-corrected chi connectivity index (χ2v) is 9.38. The van der Waals surface area contributed by atoms with Gasteiger partial charge in [-0.25, -0.2) is 5.43 Å². The molecule has 0 bridgehead atoms. The van der Waals surface area contributed by atoms with E-state index in [4.69, 9.17) is 16.3 Å². The molecule has 4 rings (SSSR count). The van der Waals surface area contributed by atoms with E-state index in [0.29, 0.717) is 16.7 Å². The summed E-state index contributed by atoms with van der Waals surface area (Å²) in [6.07, 6.45) is 2.64. The fraction of sp³-hybridized carbons (Fsp3) is 0.308. The molecule has 166 valence electrons. The topological polar surface area (TPSA) is 53.9 Å². The predicted octanol–water partition coefficient (Wildman–Crippen LogP) is 5.74. The Hall–Kier alpha value is -3.05. The van der Waals surface area contributed by atoms with Crippen LogP contribution in [0.3, 0.4) is 0 Å². The number of hydrogen-bond acceptors (Lipinski definition) is 4. The molecule has 1 atom stereocenters. The van der Waals surface area contributed by atoms with Gasteiger partial charge < -0.3 is 9.64 Å². The van der Waals surface area contributed by atoms with Crippen molar-refractivity contribution in [1.82, 2.24) is 5.43 Å². The molecule has 1 amide bonds. The summed E-state index contributed by atoms with van der Waals surface area (Å²) in [5.41, 5.74) is 5.76. The van der Waals surface area contributed by atoms with Gasteiger partial charge in [0.15, 0.2) is 6.61 Å². The van der Waals surface area contributed by atoms with E-state index in [1.807, 2.05) is 48.5 Å². The first-order chi connectivity index (χ1) is 15.3. The zero-order valence-electron chi connectivity index (χ0n) is 18.9. The van der Waals surface area contributed by atoms with E-state index in [2.05, 4.69) is 49.3 Å². The van der Waals surface area contributed by atoms with E-state index in [0.717, 1.165) is 28.4 Å². The maximum Gasteiger partial charge on any atom is 0.277 e. The average molecular weight is 450 g/mol. The van der Waals surface area contributed by atoms with Crippen molar-refractivity contribution >= 4 is 40.2 Å². The third-order valence-corrected chi connectivity index (χ3v) is 6.58. The van der Waals surface area contributed by atoms with Gasteiger partial charge in [-0.3, -0.25) is 4.79 Å². The van der Waals surface area contributed by atoms with E-state index >= 15 is 0 Å². The molecule has 0 aliphatic carbocycles. The highest BCUT2D eigenvalue weighted by Crippen LogP contribution is 2.44. The maximum atomic E-state index is 12.2. The number of anilines is 1. The molecule has 6 heteroatoms. The number of carbonyl (C=O) groups is 1. The summed E-state index contributed by atoms with van der Waals surface area (Å²) < 4.78 is 5.71. The van der Waals surface area contributed by atoms with Crippen molar-refractivity contribution in [2.24, 2.45) is 5.10 Å². The van der Waals surface area contributed by atoms with Gasteiger partial charge >= 0.3 is 0 Å². The largest absolute Gasteiger partial charge is 0.483 e. The average Bonchev–Trinajstić information content (AvgIpc) is 2.76. The molecule has 1 unspecified atom stereocenters. The zero-order valence-corrected chi connectivity index (χ0v) is 19.6. The molecule has 0 saturated carbocycles. The summed E-state index contributed by atoms with van der Waals surface area (Å²) in [7, 11) is 2.10. The minimum absolute atomic E-state index is 0.0728. The number of benzene rings is 3. The first kappa shape index (κ1) is 22.2. The Kier molecular flexibility index (Phi) is 6.11. The van der Waals surface area contributed by atoms with Gasteiger partial charge in [-0.05, 0) is 55.3 Å². The van der Waals surface area contributed by atoms with E-state index < -0.39 is 0 Å². The van der Waals surface area contributed by atoms with E-state index in [1.54, 1.807) is 6.21 Å². The van der Waals surface area contributed by atoms with Crippen molar-refractivity contribution in [2.45, 2.75) is 38.6 Å². The summed E-state index contributed by atoms with van der Waals surface area (Å²) in [5, 5.41) is 6.73. The maximum absolute atomic E-state index is 12.2. The van der Waals surface area contributed by atoms with Crippen molar-refractivity contribution in [3.8, 4) is 5.75 Å². The Morgan fingerprint density at radius 3 is 2.81 bits per heavy atom. The lowest BCUT2D eigenvalue weighted by Gasteiger charge is -2.45. The van der Waals surface area contributed by atoms with Crippen molar-refractivity contribution in [3.63, 3.8) is 0 Å². The third-order valence-electron chi connectivity index (χ3n) is 6.25. The van der Waals surface area contributed by atoms with Gasteiger partial charge in [-0.1, -0.05) is 54.9 Å². The van der Waals surface area contributed by atoms with Crippen molar-refractivity contribution in [1.29, 1.82) is 0 Å². The number of hydrazone groups is 1. The van der Waals surface area contributed by atoms with Crippen LogP contribution in [-0.4, -0.2) is 31.3 Å². The van der Waals surface area contributed by atoms with Gasteiger partial charge in [0, 0.05) is 29.2 Å². The molecular weight excluding hydrogens is 422 g/mol. The molecule has 1 heterocycles. The van der Waals surface area contributed by atoms with E-state index in [-0.39, 0.29) is 18.1 Å². The third kappa shape index (κ3) is 4.44. The monoisotopic (exact) mass is 449 g/mol. The van der Waals surface area contributed by atoms with Gasteiger partial charge in [0.05, 0.1) is 11.2 Å². The van der Waals surface area contributed by atoms with Gasteiger partial charge in [-0.15, -0.1) is 0 Å². The fourth-order valence-electron chi connectivity index (χ4n) is 4.37. The van der Waals surface area contributed by atoms with Crippen molar-refractivity contribution in [2.75, 3.05) is 18.6 Å². The molecule has 0 saturated heterocycles. The number of hydrogen-bond donors (Lipinski definition) is 1. The standard InChI is InChI=1S/C26H28ClN3O2/c1-17-14-26(2,3)30(4)23-13-22(27)19(12-21(17)23)15-28-29-25(31)16-32-24-11-7-9-18-8-5-6-10-20(18)24/h5-13,15,17H,14,16H2,1-4H3,(H,29,31)/b28-15+. The van der Waals surface area contributed by atoms with Crippen LogP contribution in [0.1, 0.15) is 44.2 Å². The van der Waals surface area contributed by atoms with Crippen LogP contribution < -0.4 is 15.1 Å². The number of ether oxygens (including phenoxy) is 1. The number of amides is 1. The molecule has 1 aliphatic heterocycles. The molecule has 5 nitrogen and oxygen atoms in total. The second kappa shape index (κ2) is 8.83. The quantitative estimate of drug-likeness (QED) is 0.399. The fourth-order valence-corrected chi connectivity index (χ4v) is 4.58. The van der Waals surface area contributed by atoms with Crippen molar-refractivity contribution in [3.05, 3.63) is 70.7 Å². The van der Waals surface area contributed by atoms with Gasteiger partial charge in [0.2, 0.25) is 0 Å². The summed E-state index contributed by atoms with van der Waals surface area (Å²) in [4.78, 5) is 14.5. The highest BCUT2D eigenvalue weighted by molar-refractivity contribution is 6.33. The molecule has 3 aromatic rings. The van der Waals surface area contributed by atoms with Crippen LogP contribution in [0, 0.1) is 0 Å². The highest BCUT2D eigenvalue weighted by atomic mass is 35.5. The molecular formula is C26H28ClN3O2. The SMILES string of the molecule is CC1CC(C)(C)N(C)c2cc(Cl)c(/C=N/NC(=O)COc3cccc4ccccc34)cc21. The minimum atomic E-state index is -0.335. The molecule has 3 aromatic carbocycles. The Morgan fingerprint density at radius 2 is 2.00 bits per heavy atom. The summed E-state index contributed by atoms with van der Waals surface area (Å²) >= 11 is 6.52. The van der Waals surface area contributed by atoms with Crippen molar-refractivity contribution < 1.29 is 9.53 Å². The Bertz CT molecular complexity index is 1180. The van der Waals surface area contributed by atoms with Gasteiger partial charge in [-0.2, -0.15) is 5.10 Å².